The molecule has 4 N–H and O–H groups in total. The van der Waals surface area contributed by atoms with Crippen molar-refractivity contribution in [2.24, 2.45) is 0 Å². The summed E-state index contributed by atoms with van der Waals surface area (Å²) < 4.78 is 5.25. The molecule has 0 saturated heterocycles. The van der Waals surface area contributed by atoms with Gasteiger partial charge in [-0.1, -0.05) is 0 Å². The van der Waals surface area contributed by atoms with Gasteiger partial charge in [0.05, 0.1) is 13.3 Å². The van der Waals surface area contributed by atoms with E-state index in [-0.39, 0.29) is 5.75 Å². The molecule has 84 valence electrons. The van der Waals surface area contributed by atoms with Gasteiger partial charge in [0, 0.05) is 11.1 Å². The maximum atomic E-state index is 9.68. The van der Waals surface area contributed by atoms with E-state index in [0.29, 0.717) is 17.1 Å². The number of phenols is 1. The number of H-pyrrole nitrogens is 1. The van der Waals surface area contributed by atoms with E-state index in [1.807, 2.05) is 0 Å². The largest absolute Gasteiger partial charge is 0.508 e. The van der Waals surface area contributed by atoms with Gasteiger partial charge in [-0.25, -0.2) is 0 Å². The zero-order valence-electron chi connectivity index (χ0n) is 9.11. The quantitative estimate of drug-likeness (QED) is 0.717. The number of phenolic OH excluding ortho intramolecular Hbond substituents is 1. The van der Waals surface area contributed by atoms with Crippen LogP contribution in [0.3, 0.4) is 0 Å². The van der Waals surface area contributed by atoms with Crippen LogP contribution in [-0.2, 0) is 0 Å². The predicted molar refractivity (Wildman–Crippen MR) is 61.4 cm³/mol. The Hall–Kier alpha value is -2.17. The van der Waals surface area contributed by atoms with E-state index >= 15 is 0 Å². The summed E-state index contributed by atoms with van der Waals surface area (Å²) in [6.45, 7) is 1.81. The third-order valence-electron chi connectivity index (χ3n) is 2.48. The van der Waals surface area contributed by atoms with E-state index in [4.69, 9.17) is 10.5 Å². The second kappa shape index (κ2) is 3.77. The molecule has 0 unspecified atom stereocenters. The molecule has 16 heavy (non-hydrogen) atoms. The normalized spacial score (nSPS) is 10.4. The van der Waals surface area contributed by atoms with Crippen LogP contribution >= 0.6 is 0 Å². The fourth-order valence-electron chi connectivity index (χ4n) is 1.56. The first-order chi connectivity index (χ1) is 7.63. The van der Waals surface area contributed by atoms with E-state index in [0.717, 1.165) is 11.1 Å². The van der Waals surface area contributed by atoms with Gasteiger partial charge in [0.25, 0.3) is 0 Å². The summed E-state index contributed by atoms with van der Waals surface area (Å²) >= 11 is 0. The Labute approximate surface area is 92.9 Å². The highest BCUT2D eigenvalue weighted by atomic mass is 16.5. The smallest absolute Gasteiger partial charge is 0.127 e. The van der Waals surface area contributed by atoms with Gasteiger partial charge in [0.2, 0.25) is 0 Å². The molecule has 0 spiro atoms. The summed E-state index contributed by atoms with van der Waals surface area (Å²) in [5.41, 5.74) is 7.92. The average Bonchev–Trinajstić information content (AvgIpc) is 2.68. The number of aryl methyl sites for hydroxylation is 1. The maximum absolute atomic E-state index is 9.68. The average molecular weight is 219 g/mol. The van der Waals surface area contributed by atoms with Crippen LogP contribution in [0.2, 0.25) is 0 Å². The molecular formula is C11H13N3O2. The first kappa shape index (κ1) is 10.4. The van der Waals surface area contributed by atoms with Gasteiger partial charge >= 0.3 is 0 Å². The molecule has 5 heteroatoms. The minimum atomic E-state index is 0.205. The number of aromatic amines is 1. The number of rotatable bonds is 2. The van der Waals surface area contributed by atoms with Gasteiger partial charge in [0.15, 0.2) is 0 Å². The lowest BCUT2D eigenvalue weighted by Gasteiger charge is -2.10. The van der Waals surface area contributed by atoms with Gasteiger partial charge < -0.3 is 15.6 Å². The Morgan fingerprint density at radius 2 is 2.12 bits per heavy atom. The van der Waals surface area contributed by atoms with Gasteiger partial charge in [-0.15, -0.1) is 0 Å². The summed E-state index contributed by atoms with van der Waals surface area (Å²) in [7, 11) is 1.57. The Kier molecular flexibility index (Phi) is 2.44. The lowest BCUT2D eigenvalue weighted by molar-refractivity contribution is 0.413. The van der Waals surface area contributed by atoms with Gasteiger partial charge in [-0.05, 0) is 24.6 Å². The third kappa shape index (κ3) is 1.56. The number of aromatic nitrogens is 2. The van der Waals surface area contributed by atoms with Crippen molar-refractivity contribution in [3.63, 3.8) is 0 Å². The van der Waals surface area contributed by atoms with Gasteiger partial charge in [-0.2, -0.15) is 5.10 Å². The van der Waals surface area contributed by atoms with Crippen molar-refractivity contribution in [3.8, 4) is 22.6 Å². The number of nitrogen functional groups attached to an aromatic ring is 1. The summed E-state index contributed by atoms with van der Waals surface area (Å²) in [6.07, 6.45) is 1.60. The predicted octanol–water partition coefficient (Wildman–Crippen LogP) is 1.68. The van der Waals surface area contributed by atoms with E-state index in [2.05, 4.69) is 10.2 Å². The van der Waals surface area contributed by atoms with Crippen molar-refractivity contribution < 1.29 is 9.84 Å². The van der Waals surface area contributed by atoms with Crippen molar-refractivity contribution in [1.29, 1.82) is 0 Å². The second-order valence-corrected chi connectivity index (χ2v) is 3.54. The molecule has 0 amide bonds. The number of methoxy groups -OCH3 is 1. The Morgan fingerprint density at radius 1 is 1.38 bits per heavy atom. The SMILES string of the molecule is COc1cc(C)c(O)cc1-c1cn[nH]c1N. The van der Waals surface area contributed by atoms with Crippen LogP contribution in [0.15, 0.2) is 18.3 Å². The highest BCUT2D eigenvalue weighted by Crippen LogP contribution is 2.37. The molecule has 0 saturated carbocycles. The topological polar surface area (TPSA) is 84.2 Å². The fraction of sp³-hybridized carbons (Fsp3) is 0.182. The molecular weight excluding hydrogens is 206 g/mol. The maximum Gasteiger partial charge on any atom is 0.127 e. The highest BCUT2D eigenvalue weighted by Gasteiger charge is 2.13. The molecule has 2 aromatic rings. The number of aromatic hydroxyl groups is 1. The van der Waals surface area contributed by atoms with Crippen LogP contribution in [0.4, 0.5) is 5.82 Å². The van der Waals surface area contributed by atoms with Crippen LogP contribution in [0.5, 0.6) is 11.5 Å². The van der Waals surface area contributed by atoms with Gasteiger partial charge in [0.1, 0.15) is 17.3 Å². The zero-order valence-corrected chi connectivity index (χ0v) is 9.11. The van der Waals surface area contributed by atoms with Crippen LogP contribution in [0.1, 0.15) is 5.56 Å². The first-order valence-corrected chi connectivity index (χ1v) is 4.80. The van der Waals surface area contributed by atoms with E-state index in [1.165, 1.54) is 0 Å². The molecule has 0 radical (unpaired) electrons. The third-order valence-corrected chi connectivity index (χ3v) is 2.48. The zero-order chi connectivity index (χ0) is 11.7. The lowest BCUT2D eigenvalue weighted by atomic mass is 10.0. The summed E-state index contributed by atoms with van der Waals surface area (Å²) in [4.78, 5) is 0. The van der Waals surface area contributed by atoms with Crippen molar-refractivity contribution in [2.45, 2.75) is 6.92 Å². The van der Waals surface area contributed by atoms with Crippen LogP contribution in [0.25, 0.3) is 11.1 Å². The number of nitrogens with one attached hydrogen (secondary N) is 1. The molecule has 1 aromatic carbocycles. The highest BCUT2D eigenvalue weighted by molar-refractivity contribution is 5.79. The van der Waals surface area contributed by atoms with E-state index in [1.54, 1.807) is 32.4 Å². The Morgan fingerprint density at radius 3 is 2.69 bits per heavy atom. The standard InChI is InChI=1S/C11H13N3O2/c1-6-3-10(16-2)7(4-9(6)15)8-5-13-14-11(8)12/h3-5,15H,1-2H3,(H3,12,13,14). The first-order valence-electron chi connectivity index (χ1n) is 4.80. The van der Waals surface area contributed by atoms with Crippen LogP contribution in [0, 0.1) is 6.92 Å². The van der Waals surface area contributed by atoms with E-state index < -0.39 is 0 Å². The number of hydrogen-bond acceptors (Lipinski definition) is 4. The van der Waals surface area contributed by atoms with Crippen molar-refractivity contribution in [2.75, 3.05) is 12.8 Å². The Bertz CT molecular complexity index is 520. The minimum absolute atomic E-state index is 0.205. The minimum Gasteiger partial charge on any atom is -0.508 e. The summed E-state index contributed by atoms with van der Waals surface area (Å²) in [6, 6.07) is 3.38. The summed E-state index contributed by atoms with van der Waals surface area (Å²) in [5.74, 6) is 1.31. The van der Waals surface area contributed by atoms with Crippen LogP contribution < -0.4 is 10.5 Å². The Balaban J connectivity index is 2.64. The number of hydrogen-bond donors (Lipinski definition) is 3. The number of ether oxygens (including phenoxy) is 1. The number of anilines is 1. The lowest BCUT2D eigenvalue weighted by Crippen LogP contribution is -1.92. The van der Waals surface area contributed by atoms with E-state index in [9.17, 15) is 5.11 Å². The molecule has 0 aliphatic carbocycles. The van der Waals surface area contributed by atoms with Gasteiger partial charge in [-0.3, -0.25) is 5.10 Å². The molecule has 5 nitrogen and oxygen atoms in total. The number of nitrogens with two attached hydrogens (primary N) is 1. The number of benzene rings is 1. The molecule has 0 fully saturated rings. The molecule has 0 aliphatic rings. The monoisotopic (exact) mass is 219 g/mol. The number of nitrogens with zero attached hydrogens (tertiary/aromatic N) is 1. The summed E-state index contributed by atoms with van der Waals surface area (Å²) in [5, 5.41) is 16.2. The van der Waals surface area contributed by atoms with Crippen molar-refractivity contribution in [3.05, 3.63) is 23.9 Å². The second-order valence-electron chi connectivity index (χ2n) is 3.54. The molecule has 0 bridgehead atoms. The molecule has 2 rings (SSSR count). The fourth-order valence-corrected chi connectivity index (χ4v) is 1.56. The van der Waals surface area contributed by atoms with Crippen LogP contribution in [-0.4, -0.2) is 22.4 Å². The van der Waals surface area contributed by atoms with Crippen molar-refractivity contribution in [1.82, 2.24) is 10.2 Å². The molecule has 0 atom stereocenters. The molecule has 1 aromatic heterocycles. The molecule has 1 heterocycles. The van der Waals surface area contributed by atoms with Crippen molar-refractivity contribution >= 4 is 5.82 Å². The molecule has 0 aliphatic heterocycles.